The van der Waals surface area contributed by atoms with Gasteiger partial charge in [0.2, 0.25) is 0 Å². The van der Waals surface area contributed by atoms with Crippen molar-refractivity contribution in [3.05, 3.63) is 216 Å². The molecule has 7 rings (SSSR count). The zero-order valence-electron chi connectivity index (χ0n) is 28.7. The summed E-state index contributed by atoms with van der Waals surface area (Å²) in [7, 11) is -1.97. The normalized spacial score (nSPS) is 10.8. The van der Waals surface area contributed by atoms with Crippen molar-refractivity contribution in [1.29, 1.82) is 0 Å². The molecule has 0 aliphatic rings. The van der Waals surface area contributed by atoms with Gasteiger partial charge in [0.15, 0.2) is 0 Å². The average Bonchev–Trinajstić information content (AvgIpc) is 3.21. The zero-order valence-corrected chi connectivity index (χ0v) is 34.2. The van der Waals surface area contributed by atoms with E-state index in [0.717, 1.165) is 44.0 Å². The SMILES string of the molecule is FC(F)(F)c1cc[c-]cc1.Fc1ccc(P(c2ccc(F)cc2)c2ccc(F)cc2)cc1.Fc1ccc(P(c2ccc(F)cc2)c2ccc(F)cc2)cc1.[Pd+][I]. The number of hydrogen-bond acceptors (Lipinski definition) is 0. The fourth-order valence-electron chi connectivity index (χ4n) is 5.01. The van der Waals surface area contributed by atoms with Crippen LogP contribution in [-0.4, -0.2) is 0 Å². The zero-order chi connectivity index (χ0) is 40.7. The molecule has 7 aromatic carbocycles. The molecule has 290 valence electrons. The number of rotatable bonds is 6. The molecule has 0 unspecified atom stereocenters. The fourth-order valence-corrected chi connectivity index (χ4v) is 9.48. The van der Waals surface area contributed by atoms with E-state index in [1.165, 1.54) is 84.9 Å². The Morgan fingerprint density at radius 3 is 0.661 bits per heavy atom. The van der Waals surface area contributed by atoms with E-state index in [-0.39, 0.29) is 34.9 Å². The molecule has 0 amide bonds. The van der Waals surface area contributed by atoms with Crippen molar-refractivity contribution in [3.63, 3.8) is 0 Å². The topological polar surface area (TPSA) is 0 Å². The van der Waals surface area contributed by atoms with Crippen LogP contribution in [0.25, 0.3) is 0 Å². The maximum absolute atomic E-state index is 13.2. The Labute approximate surface area is 342 Å². The van der Waals surface area contributed by atoms with Crippen molar-refractivity contribution >= 4 is 67.2 Å². The van der Waals surface area contributed by atoms with Gasteiger partial charge < -0.3 is 0 Å². The first-order chi connectivity index (χ1) is 26.9. The Kier molecular flexibility index (Phi) is 17.8. The summed E-state index contributed by atoms with van der Waals surface area (Å²) in [6.45, 7) is 0. The quantitative estimate of drug-likeness (QED) is 0.0512. The Bertz CT molecular complexity index is 1840. The summed E-state index contributed by atoms with van der Waals surface area (Å²) in [4.78, 5) is 0. The van der Waals surface area contributed by atoms with Gasteiger partial charge in [0.1, 0.15) is 34.9 Å². The van der Waals surface area contributed by atoms with Crippen LogP contribution < -0.4 is 31.8 Å². The van der Waals surface area contributed by atoms with Crippen LogP contribution in [-0.2, 0) is 21.8 Å². The molecule has 0 atom stereocenters. The minimum atomic E-state index is -4.23. The molecule has 0 N–H and O–H groups in total. The van der Waals surface area contributed by atoms with E-state index in [4.69, 9.17) is 0 Å². The van der Waals surface area contributed by atoms with Crippen molar-refractivity contribution in [2.75, 3.05) is 0 Å². The molecule has 0 heterocycles. The molecule has 13 heteroatoms. The molecular formula is C43H28F9IP2Pd. The van der Waals surface area contributed by atoms with Crippen LogP contribution >= 0.6 is 35.4 Å². The van der Waals surface area contributed by atoms with Crippen LogP contribution in [0.2, 0.25) is 0 Å². The Hall–Kier alpha value is -3.84. The van der Waals surface area contributed by atoms with E-state index < -0.39 is 27.6 Å². The second-order valence-electron chi connectivity index (χ2n) is 11.3. The Morgan fingerprint density at radius 2 is 0.518 bits per heavy atom. The Balaban J connectivity index is 0.000000194. The third-order valence-corrected chi connectivity index (χ3v) is 12.4. The molecule has 56 heavy (non-hydrogen) atoms. The van der Waals surface area contributed by atoms with Crippen LogP contribution in [0.5, 0.6) is 0 Å². The van der Waals surface area contributed by atoms with Gasteiger partial charge in [-0.25, -0.2) is 26.3 Å². The van der Waals surface area contributed by atoms with Gasteiger partial charge in [0.05, 0.1) is 0 Å². The van der Waals surface area contributed by atoms with Crippen molar-refractivity contribution in [1.82, 2.24) is 0 Å². The van der Waals surface area contributed by atoms with Gasteiger partial charge >= 0.3 is 41.3 Å². The second-order valence-corrected chi connectivity index (χ2v) is 15.8. The first-order valence-corrected chi connectivity index (χ1v) is 23.5. The van der Waals surface area contributed by atoms with Crippen LogP contribution in [0.3, 0.4) is 0 Å². The van der Waals surface area contributed by atoms with Crippen molar-refractivity contribution < 1.29 is 55.1 Å². The molecule has 0 bridgehead atoms. The predicted octanol–water partition coefficient (Wildman–Crippen LogP) is 11.1. The second kappa shape index (κ2) is 22.2. The van der Waals surface area contributed by atoms with Gasteiger partial charge in [-0.3, -0.25) is 0 Å². The monoisotopic (exact) mass is 1010 g/mol. The molecule has 0 aliphatic carbocycles. The summed E-state index contributed by atoms with van der Waals surface area (Å²) in [5.41, 5.74) is -0.633. The predicted molar refractivity (Wildman–Crippen MR) is 214 cm³/mol. The third-order valence-electron chi connectivity index (χ3n) is 7.55. The van der Waals surface area contributed by atoms with Crippen LogP contribution in [0.4, 0.5) is 39.5 Å². The summed E-state index contributed by atoms with van der Waals surface area (Å²) in [5, 5.41) is 5.55. The summed E-state index contributed by atoms with van der Waals surface area (Å²) in [5.74, 6) is -1.85. The number of benzene rings is 7. The van der Waals surface area contributed by atoms with Crippen molar-refractivity contribution in [2.24, 2.45) is 0 Å². The summed E-state index contributed by atoms with van der Waals surface area (Å²) in [6.07, 6.45) is -4.23. The van der Waals surface area contributed by atoms with Gasteiger partial charge in [-0.15, -0.1) is 0 Å². The van der Waals surface area contributed by atoms with E-state index in [0.29, 0.717) is 0 Å². The van der Waals surface area contributed by atoms with E-state index >= 15 is 0 Å². The molecule has 0 spiro atoms. The van der Waals surface area contributed by atoms with E-state index in [9.17, 15) is 39.5 Å². The van der Waals surface area contributed by atoms with Crippen LogP contribution in [0.1, 0.15) is 5.56 Å². The summed E-state index contributed by atoms with van der Waals surface area (Å²) >= 11 is 4.72. The van der Waals surface area contributed by atoms with Gasteiger partial charge in [-0.05, 0) is 120 Å². The van der Waals surface area contributed by atoms with Gasteiger partial charge in [0.25, 0.3) is 0 Å². The van der Waals surface area contributed by atoms with E-state index in [2.05, 4.69) is 21.7 Å². The molecular weight excluding hydrogens is 983 g/mol. The van der Waals surface area contributed by atoms with E-state index in [1.807, 2.05) is 19.5 Å². The number of alkyl halides is 3. The van der Waals surface area contributed by atoms with Crippen molar-refractivity contribution in [3.8, 4) is 0 Å². The average molecular weight is 1010 g/mol. The molecule has 0 aromatic heterocycles. The summed E-state index contributed by atoms with van der Waals surface area (Å²) < 4.78 is 114. The molecule has 0 nitrogen and oxygen atoms in total. The van der Waals surface area contributed by atoms with Gasteiger partial charge in [0, 0.05) is 0 Å². The van der Waals surface area contributed by atoms with Crippen molar-refractivity contribution in [2.45, 2.75) is 6.18 Å². The molecule has 0 radical (unpaired) electrons. The number of halogens is 10. The molecule has 0 fully saturated rings. The fraction of sp³-hybridized carbons (Fsp3) is 0.0233. The minimum absolute atomic E-state index is 0.308. The first kappa shape index (κ1) is 44.9. The van der Waals surface area contributed by atoms with Crippen LogP contribution in [0.15, 0.2) is 170 Å². The standard InChI is InChI=1S/2C18H12F3P.C7H4F3.HI.Pd/c2*19-13-1-7-16(8-2-13)22(17-9-3-14(20)4-10-17)18-11-5-15(21)6-12-18;8-7(9,10)6-4-2-1-3-5-6;;/h2*1-12H;2-5H;1H;/q;;-1;;+2/p-1. The first-order valence-electron chi connectivity index (χ1n) is 16.2. The molecule has 0 aliphatic heterocycles. The molecule has 0 saturated carbocycles. The molecule has 0 saturated heterocycles. The van der Waals surface area contributed by atoms with Gasteiger partial charge in [-0.1, -0.05) is 78.4 Å². The number of hydrogen-bond donors (Lipinski definition) is 0. The van der Waals surface area contributed by atoms with E-state index in [1.54, 1.807) is 72.8 Å². The molecule has 7 aromatic rings. The van der Waals surface area contributed by atoms with Gasteiger partial charge in [-0.2, -0.15) is 43.5 Å². The van der Waals surface area contributed by atoms with Crippen LogP contribution in [0, 0.1) is 41.0 Å². The summed E-state index contributed by atoms with van der Waals surface area (Å²) in [6, 6.07) is 44.4. The third kappa shape index (κ3) is 13.7. The Morgan fingerprint density at radius 1 is 0.339 bits per heavy atom. The maximum atomic E-state index is 13.2.